The topological polar surface area (TPSA) is 77.2 Å². The summed E-state index contributed by atoms with van der Waals surface area (Å²) in [6.07, 6.45) is 0. The lowest BCUT2D eigenvalue weighted by atomic mass is 10.1. The molecule has 0 fully saturated rings. The second-order valence-electron chi connectivity index (χ2n) is 7.88. The van der Waals surface area contributed by atoms with Crippen LogP contribution in [0.15, 0.2) is 72.8 Å². The largest absolute Gasteiger partial charge is 0.489 e. The Bertz CT molecular complexity index is 1270. The van der Waals surface area contributed by atoms with Gasteiger partial charge in [0.1, 0.15) is 12.4 Å². The minimum atomic E-state index is -0.218. The van der Waals surface area contributed by atoms with Crippen LogP contribution in [0.5, 0.6) is 5.75 Å². The first-order chi connectivity index (χ1) is 15.4. The molecule has 5 nitrogen and oxygen atoms in total. The number of anilines is 2. The lowest BCUT2D eigenvalue weighted by Crippen LogP contribution is -2.15. The van der Waals surface area contributed by atoms with Crippen LogP contribution in [0, 0.1) is 0 Å². The number of rotatable bonds is 6. The van der Waals surface area contributed by atoms with Crippen molar-refractivity contribution in [2.24, 2.45) is 0 Å². The lowest BCUT2D eigenvalue weighted by molar-refractivity contribution is 0.102. The maximum Gasteiger partial charge on any atom is 0.256 e. The molecule has 1 heterocycles. The predicted octanol–water partition coefficient (Wildman–Crippen LogP) is 6.85. The fourth-order valence-electron chi connectivity index (χ4n) is 3.40. The van der Waals surface area contributed by atoms with Crippen molar-refractivity contribution in [1.29, 1.82) is 0 Å². The van der Waals surface area contributed by atoms with Gasteiger partial charge in [0.05, 0.1) is 5.52 Å². The van der Waals surface area contributed by atoms with Crippen molar-refractivity contribution in [1.82, 2.24) is 4.98 Å². The number of carbonyl (C=O) groups is 1. The molecule has 4 rings (SSSR count). The average Bonchev–Trinajstić information content (AvgIpc) is 2.79. The molecule has 0 unspecified atom stereocenters. The van der Waals surface area contributed by atoms with E-state index in [1.807, 2.05) is 42.5 Å². The van der Waals surface area contributed by atoms with Gasteiger partial charge in [0.2, 0.25) is 0 Å². The first-order valence-electron chi connectivity index (χ1n) is 10.4. The SMILES string of the molecule is CC(C)c1cc(N)c2cc(NC(=O)c3ccccc3COc3ccc(Cl)cc3)ccc2n1.Cl. The van der Waals surface area contributed by atoms with E-state index in [9.17, 15) is 4.79 Å². The van der Waals surface area contributed by atoms with Crippen LogP contribution in [0.4, 0.5) is 11.4 Å². The zero-order chi connectivity index (χ0) is 22.7. The second kappa shape index (κ2) is 10.6. The summed E-state index contributed by atoms with van der Waals surface area (Å²) >= 11 is 5.92. The van der Waals surface area contributed by atoms with Crippen LogP contribution in [-0.2, 0) is 6.61 Å². The molecule has 0 saturated heterocycles. The summed E-state index contributed by atoms with van der Waals surface area (Å²) in [5, 5.41) is 4.42. The zero-order valence-corrected chi connectivity index (χ0v) is 19.9. The number of benzene rings is 3. The van der Waals surface area contributed by atoms with Crippen molar-refractivity contribution in [2.75, 3.05) is 11.1 Å². The van der Waals surface area contributed by atoms with Crippen LogP contribution < -0.4 is 15.8 Å². The van der Waals surface area contributed by atoms with E-state index in [-0.39, 0.29) is 30.8 Å². The van der Waals surface area contributed by atoms with Gasteiger partial charge in [0, 0.05) is 38.6 Å². The summed E-state index contributed by atoms with van der Waals surface area (Å²) in [6.45, 7) is 4.42. The van der Waals surface area contributed by atoms with Crippen LogP contribution in [0.2, 0.25) is 5.02 Å². The molecule has 4 aromatic rings. The summed E-state index contributed by atoms with van der Waals surface area (Å²) in [5.41, 5.74) is 10.6. The molecule has 0 aliphatic heterocycles. The number of carbonyl (C=O) groups excluding carboxylic acids is 1. The molecular weight excluding hydrogens is 457 g/mol. The molecule has 0 radical (unpaired) electrons. The van der Waals surface area contributed by atoms with Crippen molar-refractivity contribution in [3.05, 3.63) is 94.6 Å². The number of aromatic nitrogens is 1. The minimum absolute atomic E-state index is 0. The van der Waals surface area contributed by atoms with Crippen LogP contribution >= 0.6 is 24.0 Å². The van der Waals surface area contributed by atoms with Crippen molar-refractivity contribution in [3.63, 3.8) is 0 Å². The van der Waals surface area contributed by atoms with Gasteiger partial charge in [-0.15, -0.1) is 12.4 Å². The van der Waals surface area contributed by atoms with Crippen molar-refractivity contribution in [3.8, 4) is 5.75 Å². The number of amides is 1. The number of ether oxygens (including phenoxy) is 1. The van der Waals surface area contributed by atoms with Crippen LogP contribution in [0.1, 0.15) is 41.4 Å². The molecule has 7 heteroatoms. The number of nitrogens with zero attached hydrogens (tertiary/aromatic N) is 1. The number of hydrogen-bond donors (Lipinski definition) is 2. The Morgan fingerprint density at radius 1 is 1.06 bits per heavy atom. The fourth-order valence-corrected chi connectivity index (χ4v) is 3.53. The van der Waals surface area contributed by atoms with Crippen molar-refractivity contribution in [2.45, 2.75) is 26.4 Å². The van der Waals surface area contributed by atoms with E-state index in [0.29, 0.717) is 27.7 Å². The molecule has 0 saturated carbocycles. The van der Waals surface area contributed by atoms with Gasteiger partial charge in [-0.25, -0.2) is 0 Å². The Morgan fingerprint density at radius 3 is 2.52 bits per heavy atom. The Balaban J connectivity index is 0.00000306. The van der Waals surface area contributed by atoms with Crippen molar-refractivity contribution < 1.29 is 9.53 Å². The quantitative estimate of drug-likeness (QED) is 0.315. The van der Waals surface area contributed by atoms with E-state index in [1.54, 1.807) is 30.3 Å². The molecule has 33 heavy (non-hydrogen) atoms. The molecule has 0 atom stereocenters. The van der Waals surface area contributed by atoms with Gasteiger partial charge in [0.25, 0.3) is 5.91 Å². The molecular formula is C26H25Cl2N3O2. The third kappa shape index (κ3) is 5.75. The number of halogens is 2. The van der Waals surface area contributed by atoms with Crippen LogP contribution in [0.25, 0.3) is 10.9 Å². The number of hydrogen-bond acceptors (Lipinski definition) is 4. The Kier molecular flexibility index (Phi) is 7.79. The highest BCUT2D eigenvalue weighted by molar-refractivity contribution is 6.30. The van der Waals surface area contributed by atoms with E-state index in [2.05, 4.69) is 24.1 Å². The molecule has 3 N–H and O–H groups in total. The number of fused-ring (bicyclic) bond motifs is 1. The Labute approximate surface area is 204 Å². The molecule has 1 aromatic heterocycles. The maximum atomic E-state index is 13.0. The summed E-state index contributed by atoms with van der Waals surface area (Å²) in [6, 6.07) is 21.9. The van der Waals surface area contributed by atoms with Crippen LogP contribution in [-0.4, -0.2) is 10.9 Å². The first-order valence-corrected chi connectivity index (χ1v) is 10.8. The monoisotopic (exact) mass is 481 g/mol. The Morgan fingerprint density at radius 2 is 1.79 bits per heavy atom. The standard InChI is InChI=1S/C26H24ClN3O2.ClH/c1-16(2)25-14-23(28)22-13-19(9-12-24(22)30-25)29-26(31)21-6-4-3-5-17(21)15-32-20-10-7-18(27)8-11-20;/h3-14,16H,15H2,1-2H3,(H2,28,30)(H,29,31);1H. The highest BCUT2D eigenvalue weighted by Gasteiger charge is 2.13. The van der Waals surface area contributed by atoms with E-state index >= 15 is 0 Å². The lowest BCUT2D eigenvalue weighted by Gasteiger charge is -2.13. The third-order valence-corrected chi connectivity index (χ3v) is 5.43. The number of pyridine rings is 1. The predicted molar refractivity (Wildman–Crippen MR) is 138 cm³/mol. The highest BCUT2D eigenvalue weighted by atomic mass is 35.5. The third-order valence-electron chi connectivity index (χ3n) is 5.18. The molecule has 170 valence electrons. The van der Waals surface area contributed by atoms with Gasteiger partial charge in [-0.2, -0.15) is 0 Å². The normalized spacial score (nSPS) is 10.7. The highest BCUT2D eigenvalue weighted by Crippen LogP contribution is 2.27. The van der Waals surface area contributed by atoms with Crippen molar-refractivity contribution >= 4 is 52.2 Å². The molecule has 0 aliphatic rings. The summed E-state index contributed by atoms with van der Waals surface area (Å²) in [7, 11) is 0. The second-order valence-corrected chi connectivity index (χ2v) is 8.31. The average molecular weight is 482 g/mol. The summed E-state index contributed by atoms with van der Waals surface area (Å²) in [4.78, 5) is 17.7. The van der Waals surface area contributed by atoms with Crippen LogP contribution in [0.3, 0.4) is 0 Å². The molecule has 0 bridgehead atoms. The fraction of sp³-hybridized carbons (Fsp3) is 0.154. The smallest absolute Gasteiger partial charge is 0.256 e. The Hall–Kier alpha value is -3.28. The minimum Gasteiger partial charge on any atom is -0.489 e. The molecule has 1 amide bonds. The number of nitrogens with two attached hydrogens (primary N) is 1. The van der Waals surface area contributed by atoms with E-state index in [1.165, 1.54) is 0 Å². The van der Waals surface area contributed by atoms with Gasteiger partial charge in [-0.3, -0.25) is 9.78 Å². The van der Waals surface area contributed by atoms with Gasteiger partial charge in [-0.05, 0) is 60.5 Å². The van der Waals surface area contributed by atoms with E-state index < -0.39 is 0 Å². The number of nitrogen functional groups attached to an aromatic ring is 1. The van der Waals surface area contributed by atoms with Gasteiger partial charge >= 0.3 is 0 Å². The van der Waals surface area contributed by atoms with E-state index in [4.69, 9.17) is 22.1 Å². The first kappa shape index (κ1) is 24.4. The number of nitrogens with one attached hydrogen (secondary N) is 1. The molecule has 0 spiro atoms. The molecule has 0 aliphatic carbocycles. The summed E-state index contributed by atoms with van der Waals surface area (Å²) < 4.78 is 5.83. The maximum absolute atomic E-state index is 13.0. The van der Waals surface area contributed by atoms with E-state index in [0.717, 1.165) is 22.2 Å². The van der Waals surface area contributed by atoms with Gasteiger partial charge in [-0.1, -0.05) is 43.6 Å². The molecule has 3 aromatic carbocycles. The van der Waals surface area contributed by atoms with Gasteiger partial charge in [0.15, 0.2) is 0 Å². The van der Waals surface area contributed by atoms with Gasteiger partial charge < -0.3 is 15.8 Å². The summed E-state index contributed by atoms with van der Waals surface area (Å²) in [5.74, 6) is 0.751. The zero-order valence-electron chi connectivity index (χ0n) is 18.3.